The second-order valence-electron chi connectivity index (χ2n) is 9.72. The third-order valence-corrected chi connectivity index (χ3v) is 6.93. The lowest BCUT2D eigenvalue weighted by atomic mass is 9.84. The molecule has 0 spiro atoms. The van der Waals surface area contributed by atoms with Gasteiger partial charge in [-0.15, -0.1) is 0 Å². The van der Waals surface area contributed by atoms with Crippen LogP contribution in [0.1, 0.15) is 17.7 Å². The van der Waals surface area contributed by atoms with Crippen molar-refractivity contribution in [2.24, 2.45) is 17.2 Å². The van der Waals surface area contributed by atoms with Crippen LogP contribution in [0.5, 0.6) is 0 Å². The number of aliphatic hydroxyl groups excluding tert-OH is 4. The molecule has 4 rings (SSSR count). The van der Waals surface area contributed by atoms with Crippen molar-refractivity contribution >= 4 is 0 Å². The summed E-state index contributed by atoms with van der Waals surface area (Å²) in [7, 11) is 0. The lowest BCUT2D eigenvalue weighted by molar-refractivity contribution is -0.291. The molecule has 1 aromatic heterocycles. The Morgan fingerprint density at radius 1 is 0.861 bits per heavy atom. The van der Waals surface area contributed by atoms with Gasteiger partial charge < -0.3 is 47.1 Å². The molecule has 0 amide bonds. The van der Waals surface area contributed by atoms with Crippen LogP contribution in [0.4, 0.5) is 0 Å². The molecule has 10 atom stereocenters. The molecule has 2 fully saturated rings. The Morgan fingerprint density at radius 2 is 1.58 bits per heavy atom. The largest absolute Gasteiger partial charge is 0.389 e. The molecule has 10 N–H and O–H groups in total. The number of rotatable bonds is 8. The monoisotopic (exact) mass is 503 g/mol. The fraction of sp³-hybridized carbons (Fsp3) is 0.560. The van der Waals surface area contributed by atoms with Crippen LogP contribution in [0.25, 0.3) is 0 Å². The van der Waals surface area contributed by atoms with Crippen LogP contribution < -0.4 is 17.2 Å². The maximum absolute atomic E-state index is 10.8. The van der Waals surface area contributed by atoms with E-state index >= 15 is 0 Å². The molecule has 11 nitrogen and oxygen atoms in total. The number of pyridine rings is 1. The van der Waals surface area contributed by atoms with Gasteiger partial charge in [-0.05, 0) is 24.1 Å². The molecular weight excluding hydrogens is 466 g/mol. The fourth-order valence-electron chi connectivity index (χ4n) is 4.85. The van der Waals surface area contributed by atoms with Gasteiger partial charge in [0.25, 0.3) is 0 Å². The summed E-state index contributed by atoms with van der Waals surface area (Å²) in [6.45, 7) is 1.27. The molecule has 0 bridgehead atoms. The Bertz CT molecular complexity index is 902. The summed E-state index contributed by atoms with van der Waals surface area (Å²) in [5.41, 5.74) is 20.0. The third-order valence-electron chi connectivity index (χ3n) is 6.93. The van der Waals surface area contributed by atoms with Crippen molar-refractivity contribution in [3.8, 4) is 0 Å². The maximum atomic E-state index is 10.8. The highest BCUT2D eigenvalue weighted by molar-refractivity contribution is 5.15. The number of nitrogens with two attached hydrogens (primary N) is 3. The Hall–Kier alpha value is -2.03. The van der Waals surface area contributed by atoms with Gasteiger partial charge >= 0.3 is 0 Å². The van der Waals surface area contributed by atoms with Gasteiger partial charge in [0, 0.05) is 37.9 Å². The molecule has 1 saturated carbocycles. The van der Waals surface area contributed by atoms with Gasteiger partial charge in [-0.25, -0.2) is 0 Å². The normalized spacial score (nSPS) is 37.2. The van der Waals surface area contributed by atoms with E-state index in [2.05, 4.69) is 9.88 Å². The number of nitrogens with zero attached hydrogens (tertiary/aromatic N) is 2. The number of hydrogen-bond acceptors (Lipinski definition) is 11. The zero-order valence-corrected chi connectivity index (χ0v) is 20.0. The van der Waals surface area contributed by atoms with Crippen molar-refractivity contribution in [2.45, 2.75) is 80.5 Å². The van der Waals surface area contributed by atoms with E-state index in [1.54, 1.807) is 6.20 Å². The molecular formula is C25H37N5O6. The summed E-state index contributed by atoms with van der Waals surface area (Å²) >= 11 is 0. The first-order valence-corrected chi connectivity index (χ1v) is 12.2. The molecule has 2 heterocycles. The van der Waals surface area contributed by atoms with E-state index in [9.17, 15) is 20.4 Å². The molecule has 1 aliphatic heterocycles. The highest BCUT2D eigenvalue weighted by atomic mass is 16.7. The van der Waals surface area contributed by atoms with Crippen LogP contribution in [0, 0.1) is 0 Å². The number of aromatic nitrogens is 1. The van der Waals surface area contributed by atoms with E-state index in [1.165, 1.54) is 0 Å². The van der Waals surface area contributed by atoms with Crippen LogP contribution >= 0.6 is 0 Å². The van der Waals surface area contributed by atoms with Crippen molar-refractivity contribution in [3.63, 3.8) is 0 Å². The standard InChI is InChI=1S/C25H37N5O6/c26-16-10-17(27)24(23(34)20(16)31)36-25-19(28)22(33)21(32)18(35-25)13-30(11-14-6-2-1-3-7-14)12-15-8-4-5-9-29-15/h1-9,16-25,31-34H,10-13,26-28H2/t16-,17+,18-,19-,20+,21-,22-,23-,24-,25-/m1/s1. The topological polar surface area (TPSA) is 194 Å². The lowest BCUT2D eigenvalue weighted by Gasteiger charge is -2.46. The molecule has 2 aliphatic rings. The predicted molar refractivity (Wildman–Crippen MR) is 131 cm³/mol. The fourth-order valence-corrected chi connectivity index (χ4v) is 4.85. The molecule has 11 heteroatoms. The van der Waals surface area contributed by atoms with E-state index in [-0.39, 0.29) is 13.0 Å². The zero-order chi connectivity index (χ0) is 25.8. The summed E-state index contributed by atoms with van der Waals surface area (Å²) in [6.07, 6.45) is -6.27. The first-order chi connectivity index (χ1) is 17.2. The molecule has 0 radical (unpaired) electrons. The molecule has 198 valence electrons. The summed E-state index contributed by atoms with van der Waals surface area (Å²) in [5.74, 6) is 0. The average Bonchev–Trinajstić information content (AvgIpc) is 2.87. The minimum absolute atomic E-state index is 0.231. The van der Waals surface area contributed by atoms with Crippen molar-refractivity contribution in [1.82, 2.24) is 9.88 Å². The molecule has 0 unspecified atom stereocenters. The highest BCUT2D eigenvalue weighted by Crippen LogP contribution is 2.28. The van der Waals surface area contributed by atoms with Crippen molar-refractivity contribution in [3.05, 3.63) is 66.0 Å². The Kier molecular flexibility index (Phi) is 9.01. The van der Waals surface area contributed by atoms with Gasteiger partial charge in [0.15, 0.2) is 6.29 Å². The van der Waals surface area contributed by atoms with E-state index < -0.39 is 61.0 Å². The first kappa shape index (κ1) is 27.0. The van der Waals surface area contributed by atoms with E-state index in [1.807, 2.05) is 48.5 Å². The van der Waals surface area contributed by atoms with Crippen LogP contribution in [0.3, 0.4) is 0 Å². The molecule has 1 saturated heterocycles. The molecule has 36 heavy (non-hydrogen) atoms. The van der Waals surface area contributed by atoms with Crippen LogP contribution in [-0.4, -0.2) is 97.9 Å². The van der Waals surface area contributed by atoms with E-state index in [4.69, 9.17) is 26.7 Å². The minimum atomic E-state index is -1.35. The molecule has 1 aliphatic carbocycles. The van der Waals surface area contributed by atoms with Gasteiger partial charge in [0.05, 0.1) is 17.8 Å². The van der Waals surface area contributed by atoms with Crippen LogP contribution in [-0.2, 0) is 22.6 Å². The van der Waals surface area contributed by atoms with Gasteiger partial charge in [-0.2, -0.15) is 0 Å². The maximum Gasteiger partial charge on any atom is 0.176 e. The second kappa shape index (κ2) is 12.0. The Labute approximate surface area is 210 Å². The first-order valence-electron chi connectivity index (χ1n) is 12.2. The van der Waals surface area contributed by atoms with Crippen molar-refractivity contribution < 1.29 is 29.9 Å². The number of hydrogen-bond donors (Lipinski definition) is 7. The lowest BCUT2D eigenvalue weighted by Crippen LogP contribution is -2.67. The summed E-state index contributed by atoms with van der Waals surface area (Å²) < 4.78 is 12.0. The van der Waals surface area contributed by atoms with Crippen LogP contribution in [0.2, 0.25) is 0 Å². The van der Waals surface area contributed by atoms with Crippen molar-refractivity contribution in [2.75, 3.05) is 6.54 Å². The van der Waals surface area contributed by atoms with E-state index in [0.717, 1.165) is 11.3 Å². The Morgan fingerprint density at radius 3 is 2.28 bits per heavy atom. The average molecular weight is 504 g/mol. The third kappa shape index (κ3) is 6.26. The number of ether oxygens (including phenoxy) is 2. The summed E-state index contributed by atoms with van der Waals surface area (Å²) in [5, 5.41) is 42.2. The number of benzene rings is 1. The van der Waals surface area contributed by atoms with Gasteiger partial charge in [-0.1, -0.05) is 36.4 Å². The quantitative estimate of drug-likeness (QED) is 0.211. The number of aliphatic hydroxyl groups is 4. The molecule has 2 aromatic rings. The SMILES string of the molecule is N[C@H]1[C@@H](O[C@H]2[C@H](O)[C@@H](O)[C@H](N)C[C@@H]2N)O[C@H](CN(Cc2ccccc2)Cc2ccccn2)[C@@H](O)[C@@H]1O. The Balaban J connectivity index is 1.50. The van der Waals surface area contributed by atoms with Gasteiger partial charge in [0.2, 0.25) is 0 Å². The minimum Gasteiger partial charge on any atom is -0.389 e. The highest BCUT2D eigenvalue weighted by Gasteiger charge is 2.48. The zero-order valence-electron chi connectivity index (χ0n) is 20.0. The second-order valence-corrected chi connectivity index (χ2v) is 9.72. The predicted octanol–water partition coefficient (Wildman–Crippen LogP) is -1.98. The van der Waals surface area contributed by atoms with E-state index in [0.29, 0.717) is 13.1 Å². The van der Waals surface area contributed by atoms with Crippen LogP contribution in [0.15, 0.2) is 54.7 Å². The summed E-state index contributed by atoms with van der Waals surface area (Å²) in [4.78, 5) is 6.46. The van der Waals surface area contributed by atoms with Gasteiger partial charge in [-0.3, -0.25) is 9.88 Å². The van der Waals surface area contributed by atoms with Gasteiger partial charge in [0.1, 0.15) is 30.5 Å². The smallest absolute Gasteiger partial charge is 0.176 e. The van der Waals surface area contributed by atoms with Crippen molar-refractivity contribution in [1.29, 1.82) is 0 Å². The summed E-state index contributed by atoms with van der Waals surface area (Å²) in [6, 6.07) is 13.0. The molecule has 1 aromatic carbocycles.